The van der Waals surface area contributed by atoms with Gasteiger partial charge in [-0.05, 0) is 66.4 Å². The van der Waals surface area contributed by atoms with Crippen molar-refractivity contribution >= 4 is 27.3 Å². The van der Waals surface area contributed by atoms with Crippen LogP contribution < -0.4 is 10.0 Å². The van der Waals surface area contributed by atoms with Gasteiger partial charge in [0.2, 0.25) is 0 Å². The summed E-state index contributed by atoms with van der Waals surface area (Å²) in [4.78, 5) is 16.9. The first-order valence-electron chi connectivity index (χ1n) is 10.5. The molecule has 0 atom stereocenters. The topological polar surface area (TPSA) is 88.2 Å². The summed E-state index contributed by atoms with van der Waals surface area (Å²) in [5.74, 6) is -0.234. The Morgan fingerprint density at radius 3 is 2.21 bits per heavy atom. The van der Waals surface area contributed by atoms with E-state index in [0.717, 1.165) is 18.4 Å². The second-order valence-electron chi connectivity index (χ2n) is 7.47. The molecule has 4 aromatic rings. The predicted octanol–water partition coefficient (Wildman–Crippen LogP) is 4.92. The van der Waals surface area contributed by atoms with Crippen molar-refractivity contribution in [2.24, 2.45) is 0 Å². The first-order chi connectivity index (χ1) is 16.0. The zero-order valence-electron chi connectivity index (χ0n) is 17.8. The minimum atomic E-state index is -3.75. The lowest BCUT2D eigenvalue weighted by atomic mass is 9.99. The van der Waals surface area contributed by atoms with Crippen molar-refractivity contribution in [3.63, 3.8) is 0 Å². The van der Waals surface area contributed by atoms with Gasteiger partial charge in [-0.2, -0.15) is 0 Å². The second-order valence-corrected chi connectivity index (χ2v) is 9.15. The zero-order chi connectivity index (χ0) is 23.1. The number of hydrogen-bond donors (Lipinski definition) is 2. The number of aromatic nitrogens is 1. The number of anilines is 2. The Kier molecular flexibility index (Phi) is 6.80. The number of nitrogens with zero attached hydrogens (tertiary/aromatic N) is 1. The Balaban J connectivity index is 1.44. The van der Waals surface area contributed by atoms with Crippen LogP contribution in [0.5, 0.6) is 0 Å². The van der Waals surface area contributed by atoms with Gasteiger partial charge < -0.3 is 5.32 Å². The number of nitrogens with one attached hydrogen (secondary N) is 2. The molecule has 0 aliphatic rings. The Bertz CT molecular complexity index is 1320. The lowest BCUT2D eigenvalue weighted by Gasteiger charge is -2.11. The van der Waals surface area contributed by atoms with Crippen LogP contribution in [0.15, 0.2) is 108 Å². The lowest BCUT2D eigenvalue weighted by Crippen LogP contribution is -2.15. The molecule has 0 radical (unpaired) electrons. The molecule has 0 fully saturated rings. The van der Waals surface area contributed by atoms with Gasteiger partial charge in [0, 0.05) is 17.4 Å². The van der Waals surface area contributed by atoms with Gasteiger partial charge in [0.05, 0.1) is 16.8 Å². The largest absolute Gasteiger partial charge is 0.322 e. The van der Waals surface area contributed by atoms with Gasteiger partial charge in [-0.1, -0.05) is 48.5 Å². The van der Waals surface area contributed by atoms with Gasteiger partial charge in [-0.3, -0.25) is 14.5 Å². The first-order valence-corrected chi connectivity index (χ1v) is 12.0. The molecular formula is C26H23N3O3S. The fourth-order valence-electron chi connectivity index (χ4n) is 3.44. The molecule has 6 nitrogen and oxygen atoms in total. The van der Waals surface area contributed by atoms with Gasteiger partial charge >= 0.3 is 0 Å². The summed E-state index contributed by atoms with van der Waals surface area (Å²) in [6, 6.07) is 27.0. The highest BCUT2D eigenvalue weighted by Gasteiger charge is 2.15. The average molecular weight is 458 g/mol. The number of pyridine rings is 1. The van der Waals surface area contributed by atoms with Crippen LogP contribution in [0.4, 0.5) is 11.4 Å². The monoisotopic (exact) mass is 457 g/mol. The Labute approximate surface area is 193 Å². The normalized spacial score (nSPS) is 11.0. The van der Waals surface area contributed by atoms with Crippen molar-refractivity contribution in [2.45, 2.75) is 17.7 Å². The van der Waals surface area contributed by atoms with E-state index in [-0.39, 0.29) is 10.8 Å². The molecule has 0 aliphatic carbocycles. The van der Waals surface area contributed by atoms with Gasteiger partial charge in [0.25, 0.3) is 15.9 Å². The number of amides is 1. The molecule has 4 rings (SSSR count). The molecule has 0 unspecified atom stereocenters. The van der Waals surface area contributed by atoms with Crippen LogP contribution >= 0.6 is 0 Å². The smallest absolute Gasteiger partial charge is 0.261 e. The SMILES string of the molecule is O=C(Nc1ccc(S(=O)(=O)Nc2cccnc2)cc1)c1ccccc1CCc1ccccc1. The number of benzene rings is 3. The number of sulfonamides is 1. The lowest BCUT2D eigenvalue weighted by molar-refractivity contribution is 0.102. The van der Waals surface area contributed by atoms with E-state index in [2.05, 4.69) is 27.2 Å². The Morgan fingerprint density at radius 2 is 1.48 bits per heavy atom. The molecule has 0 saturated heterocycles. The summed E-state index contributed by atoms with van der Waals surface area (Å²) in [7, 11) is -3.75. The molecule has 3 aromatic carbocycles. The van der Waals surface area contributed by atoms with Crippen LogP contribution in [0.1, 0.15) is 21.5 Å². The minimum absolute atomic E-state index is 0.0904. The zero-order valence-corrected chi connectivity index (χ0v) is 18.6. The molecule has 7 heteroatoms. The maximum Gasteiger partial charge on any atom is 0.261 e. The molecule has 2 N–H and O–H groups in total. The summed E-state index contributed by atoms with van der Waals surface area (Å²) in [6.45, 7) is 0. The van der Waals surface area contributed by atoms with Crippen molar-refractivity contribution in [2.75, 3.05) is 10.0 Å². The maximum atomic E-state index is 12.9. The summed E-state index contributed by atoms with van der Waals surface area (Å²) in [5, 5.41) is 2.86. The van der Waals surface area contributed by atoms with Crippen LogP contribution in [-0.4, -0.2) is 19.3 Å². The molecule has 0 spiro atoms. The number of rotatable bonds is 8. The molecule has 1 heterocycles. The van der Waals surface area contributed by atoms with Gasteiger partial charge in [0.1, 0.15) is 0 Å². The standard InChI is InChI=1S/C26H23N3O3S/c30-26(25-11-5-4-9-21(25)13-12-20-7-2-1-3-8-20)28-22-14-16-24(17-15-22)33(31,32)29-23-10-6-18-27-19-23/h1-11,14-19,29H,12-13H2,(H,28,30). The van der Waals surface area contributed by atoms with Crippen LogP contribution in [0.2, 0.25) is 0 Å². The van der Waals surface area contributed by atoms with Crippen LogP contribution in [0.3, 0.4) is 0 Å². The first kappa shape index (κ1) is 22.2. The molecule has 33 heavy (non-hydrogen) atoms. The van der Waals surface area contributed by atoms with E-state index in [1.807, 2.05) is 36.4 Å². The van der Waals surface area contributed by atoms with Crippen molar-refractivity contribution in [1.29, 1.82) is 0 Å². The summed E-state index contributed by atoms with van der Waals surface area (Å²) >= 11 is 0. The van der Waals surface area contributed by atoms with Gasteiger partial charge in [-0.15, -0.1) is 0 Å². The van der Waals surface area contributed by atoms with E-state index in [9.17, 15) is 13.2 Å². The Morgan fingerprint density at radius 1 is 0.758 bits per heavy atom. The Hall–Kier alpha value is -3.97. The van der Waals surface area contributed by atoms with Gasteiger partial charge in [-0.25, -0.2) is 8.42 Å². The van der Waals surface area contributed by atoms with Crippen LogP contribution in [0.25, 0.3) is 0 Å². The summed E-state index contributed by atoms with van der Waals surface area (Å²) in [5.41, 5.74) is 3.66. The third-order valence-electron chi connectivity index (χ3n) is 5.12. The summed E-state index contributed by atoms with van der Waals surface area (Å²) in [6.07, 6.45) is 4.57. The van der Waals surface area contributed by atoms with E-state index in [0.29, 0.717) is 16.9 Å². The third-order valence-corrected chi connectivity index (χ3v) is 6.52. The summed E-state index contributed by atoms with van der Waals surface area (Å²) < 4.78 is 27.6. The molecule has 1 amide bonds. The van der Waals surface area contributed by atoms with Crippen molar-refractivity contribution in [1.82, 2.24) is 4.98 Å². The number of aryl methyl sites for hydroxylation is 2. The van der Waals surface area contributed by atoms with E-state index in [1.54, 1.807) is 36.5 Å². The minimum Gasteiger partial charge on any atom is -0.322 e. The molecule has 0 saturated carbocycles. The molecule has 0 aliphatic heterocycles. The number of hydrogen-bond acceptors (Lipinski definition) is 4. The highest BCUT2D eigenvalue weighted by molar-refractivity contribution is 7.92. The third kappa shape index (κ3) is 5.84. The predicted molar refractivity (Wildman–Crippen MR) is 130 cm³/mol. The highest BCUT2D eigenvalue weighted by Crippen LogP contribution is 2.19. The van der Waals surface area contributed by atoms with Crippen LogP contribution in [-0.2, 0) is 22.9 Å². The average Bonchev–Trinajstić information content (AvgIpc) is 2.84. The molecule has 166 valence electrons. The van der Waals surface area contributed by atoms with E-state index >= 15 is 0 Å². The molecular weight excluding hydrogens is 434 g/mol. The second kappa shape index (κ2) is 10.1. The van der Waals surface area contributed by atoms with E-state index < -0.39 is 10.0 Å². The van der Waals surface area contributed by atoms with E-state index in [4.69, 9.17) is 0 Å². The van der Waals surface area contributed by atoms with Crippen molar-refractivity contribution in [3.8, 4) is 0 Å². The quantitative estimate of drug-likeness (QED) is 0.393. The maximum absolute atomic E-state index is 12.9. The number of carbonyl (C=O) groups is 1. The van der Waals surface area contributed by atoms with Gasteiger partial charge in [0.15, 0.2) is 0 Å². The fraction of sp³-hybridized carbons (Fsp3) is 0.0769. The van der Waals surface area contributed by atoms with Crippen molar-refractivity contribution in [3.05, 3.63) is 120 Å². The number of carbonyl (C=O) groups excluding carboxylic acids is 1. The van der Waals surface area contributed by atoms with E-state index in [1.165, 1.54) is 23.9 Å². The van der Waals surface area contributed by atoms with Crippen LogP contribution in [0, 0.1) is 0 Å². The fourth-order valence-corrected chi connectivity index (χ4v) is 4.48. The molecule has 1 aromatic heterocycles. The van der Waals surface area contributed by atoms with Crippen molar-refractivity contribution < 1.29 is 13.2 Å². The molecule has 0 bridgehead atoms. The highest BCUT2D eigenvalue weighted by atomic mass is 32.2.